The highest BCUT2D eigenvalue weighted by molar-refractivity contribution is 6.31. The second-order valence-electron chi connectivity index (χ2n) is 8.50. The van der Waals surface area contributed by atoms with E-state index in [0.717, 1.165) is 68.8 Å². The average Bonchev–Trinajstić information content (AvgIpc) is 2.96. The number of aromatic nitrogens is 2. The normalized spacial score (nSPS) is 23.0. The van der Waals surface area contributed by atoms with Crippen molar-refractivity contribution in [2.24, 2.45) is 0 Å². The maximum absolute atomic E-state index is 13.9. The summed E-state index contributed by atoms with van der Waals surface area (Å²) in [5, 5.41) is 7.72. The summed E-state index contributed by atoms with van der Waals surface area (Å²) in [4.78, 5) is 17.6. The molecule has 1 amide bonds. The molecule has 1 unspecified atom stereocenters. The van der Waals surface area contributed by atoms with Gasteiger partial charge in [-0.3, -0.25) is 14.8 Å². The Hall–Kier alpha value is -1.96. The molecule has 30 heavy (non-hydrogen) atoms. The first-order valence-electron chi connectivity index (χ1n) is 10.7. The van der Waals surface area contributed by atoms with Crippen LogP contribution in [-0.4, -0.2) is 64.8 Å². The third-order valence-corrected chi connectivity index (χ3v) is 7.14. The molecule has 0 bridgehead atoms. The van der Waals surface area contributed by atoms with Crippen LogP contribution in [0.15, 0.2) is 18.2 Å². The summed E-state index contributed by atoms with van der Waals surface area (Å²) in [7, 11) is 0. The van der Waals surface area contributed by atoms with E-state index in [1.807, 2.05) is 11.0 Å². The van der Waals surface area contributed by atoms with Crippen molar-refractivity contribution in [2.45, 2.75) is 44.2 Å². The number of nitrogens with one attached hydrogen (secondary N) is 1. The first kappa shape index (κ1) is 20.0. The van der Waals surface area contributed by atoms with E-state index < -0.39 is 0 Å². The van der Waals surface area contributed by atoms with Crippen LogP contribution in [0, 0.1) is 5.82 Å². The summed E-state index contributed by atoms with van der Waals surface area (Å²) < 4.78 is 19.2. The number of halogens is 2. The number of hydrogen-bond donors (Lipinski definition) is 1. The minimum Gasteiger partial charge on any atom is -0.378 e. The largest absolute Gasteiger partial charge is 0.378 e. The van der Waals surface area contributed by atoms with Crippen LogP contribution in [0.5, 0.6) is 0 Å². The maximum atomic E-state index is 13.9. The molecular formula is C22H26ClFN4O2. The lowest BCUT2D eigenvalue weighted by Gasteiger charge is -2.39. The van der Waals surface area contributed by atoms with E-state index in [-0.39, 0.29) is 22.7 Å². The summed E-state index contributed by atoms with van der Waals surface area (Å²) in [5.41, 5.74) is 3.53. The van der Waals surface area contributed by atoms with E-state index >= 15 is 0 Å². The molecule has 3 aliphatic heterocycles. The van der Waals surface area contributed by atoms with E-state index in [4.69, 9.17) is 16.3 Å². The predicted molar refractivity (Wildman–Crippen MR) is 111 cm³/mol. The first-order chi connectivity index (χ1) is 14.6. The van der Waals surface area contributed by atoms with Crippen molar-refractivity contribution in [3.8, 4) is 0 Å². The lowest BCUT2D eigenvalue weighted by atomic mass is 9.92. The molecule has 4 heterocycles. The zero-order valence-electron chi connectivity index (χ0n) is 16.9. The van der Waals surface area contributed by atoms with Gasteiger partial charge in [0, 0.05) is 31.7 Å². The van der Waals surface area contributed by atoms with Crippen LogP contribution in [0.4, 0.5) is 4.39 Å². The molecule has 2 saturated heterocycles. The van der Waals surface area contributed by atoms with Gasteiger partial charge in [0.25, 0.3) is 5.91 Å². The summed E-state index contributed by atoms with van der Waals surface area (Å²) in [6, 6.07) is 5.48. The van der Waals surface area contributed by atoms with Gasteiger partial charge < -0.3 is 9.64 Å². The Labute approximate surface area is 180 Å². The molecule has 0 aliphatic carbocycles. The minimum absolute atomic E-state index is 0.00100. The number of hydrogen-bond acceptors (Lipinski definition) is 4. The van der Waals surface area contributed by atoms with Gasteiger partial charge in [-0.15, -0.1) is 0 Å². The monoisotopic (exact) mass is 432 g/mol. The highest BCUT2D eigenvalue weighted by atomic mass is 35.5. The Morgan fingerprint density at radius 2 is 2.10 bits per heavy atom. The molecule has 1 N–H and O–H groups in total. The quantitative estimate of drug-likeness (QED) is 0.807. The molecule has 2 aromatic rings. The van der Waals surface area contributed by atoms with E-state index in [0.29, 0.717) is 24.8 Å². The molecule has 5 rings (SSSR count). The topological polar surface area (TPSA) is 61.5 Å². The number of nitrogens with zero attached hydrogens (tertiary/aromatic N) is 3. The molecule has 6 nitrogen and oxygen atoms in total. The molecule has 8 heteroatoms. The van der Waals surface area contributed by atoms with Gasteiger partial charge in [-0.1, -0.05) is 23.7 Å². The van der Waals surface area contributed by atoms with E-state index in [2.05, 4.69) is 15.1 Å². The smallest absolute Gasteiger partial charge is 0.274 e. The van der Waals surface area contributed by atoms with E-state index in [1.165, 1.54) is 6.07 Å². The van der Waals surface area contributed by atoms with Crippen molar-refractivity contribution in [1.82, 2.24) is 20.0 Å². The molecule has 1 atom stereocenters. The zero-order valence-corrected chi connectivity index (χ0v) is 17.6. The van der Waals surface area contributed by atoms with Crippen LogP contribution in [0.1, 0.15) is 52.5 Å². The van der Waals surface area contributed by atoms with Crippen molar-refractivity contribution in [2.75, 3.05) is 32.8 Å². The van der Waals surface area contributed by atoms with Crippen molar-refractivity contribution < 1.29 is 13.9 Å². The SMILES string of the molecule is O=C(c1n[nH]c2c1CCN(C1COC1)C2)N1CCCC(c2cccc(F)c2Cl)CC1. The number of benzene rings is 1. The molecule has 0 saturated carbocycles. The third-order valence-electron chi connectivity index (χ3n) is 6.74. The highest BCUT2D eigenvalue weighted by Crippen LogP contribution is 2.34. The number of carbonyl (C=O) groups excluding carboxylic acids is 1. The number of aromatic amines is 1. The van der Waals surface area contributed by atoms with Gasteiger partial charge in [-0.2, -0.15) is 5.10 Å². The number of H-pyrrole nitrogens is 1. The predicted octanol–water partition coefficient (Wildman–Crippen LogP) is 3.37. The number of carbonyl (C=O) groups is 1. The number of rotatable bonds is 3. The highest BCUT2D eigenvalue weighted by Gasteiger charge is 2.33. The number of ether oxygens (including phenoxy) is 1. The Morgan fingerprint density at radius 3 is 2.90 bits per heavy atom. The Balaban J connectivity index is 1.27. The average molecular weight is 433 g/mol. The fourth-order valence-electron chi connectivity index (χ4n) is 4.86. The molecule has 3 aliphatic rings. The molecular weight excluding hydrogens is 407 g/mol. The Kier molecular flexibility index (Phi) is 5.52. The molecule has 1 aromatic heterocycles. The Morgan fingerprint density at radius 1 is 1.23 bits per heavy atom. The van der Waals surface area contributed by atoms with Gasteiger partial charge in [0.1, 0.15) is 5.82 Å². The minimum atomic E-state index is -0.378. The van der Waals surface area contributed by atoms with Crippen molar-refractivity contribution in [1.29, 1.82) is 0 Å². The molecule has 1 aromatic carbocycles. The summed E-state index contributed by atoms with van der Waals surface area (Å²) in [6.45, 7) is 4.63. The van der Waals surface area contributed by atoms with Gasteiger partial charge in [0.2, 0.25) is 0 Å². The van der Waals surface area contributed by atoms with Crippen LogP contribution in [0.3, 0.4) is 0 Å². The standard InChI is InChI=1S/C22H26ClFN4O2/c23-20-16(4-1-5-18(20)24)14-3-2-8-27(9-6-14)22(29)21-17-7-10-28(15-12-30-13-15)11-19(17)25-26-21/h1,4-5,14-15H,2-3,6-13H2,(H,25,26). The van der Waals surface area contributed by atoms with Crippen LogP contribution >= 0.6 is 11.6 Å². The zero-order chi connectivity index (χ0) is 20.7. The molecule has 0 radical (unpaired) electrons. The number of amides is 1. The molecule has 160 valence electrons. The third kappa shape index (κ3) is 3.63. The van der Waals surface area contributed by atoms with Crippen LogP contribution in [-0.2, 0) is 17.7 Å². The second-order valence-corrected chi connectivity index (χ2v) is 8.88. The lowest BCUT2D eigenvalue weighted by molar-refractivity contribution is -0.0698. The van der Waals surface area contributed by atoms with Gasteiger partial charge in [0.05, 0.1) is 30.0 Å². The number of likely N-dealkylation sites (tertiary alicyclic amines) is 1. The number of fused-ring (bicyclic) bond motifs is 1. The first-order valence-corrected chi connectivity index (χ1v) is 11.1. The summed E-state index contributed by atoms with van der Waals surface area (Å²) >= 11 is 6.21. The maximum Gasteiger partial charge on any atom is 0.274 e. The van der Waals surface area contributed by atoms with E-state index in [1.54, 1.807) is 6.07 Å². The van der Waals surface area contributed by atoms with Gasteiger partial charge in [-0.05, 0) is 43.2 Å². The summed E-state index contributed by atoms with van der Waals surface area (Å²) in [6.07, 6.45) is 3.37. The van der Waals surface area contributed by atoms with Crippen molar-refractivity contribution >= 4 is 17.5 Å². The van der Waals surface area contributed by atoms with Crippen LogP contribution in [0.25, 0.3) is 0 Å². The fourth-order valence-corrected chi connectivity index (χ4v) is 5.14. The molecule has 0 spiro atoms. The van der Waals surface area contributed by atoms with Gasteiger partial charge >= 0.3 is 0 Å². The van der Waals surface area contributed by atoms with Crippen LogP contribution < -0.4 is 0 Å². The second kappa shape index (κ2) is 8.29. The van der Waals surface area contributed by atoms with Gasteiger partial charge in [-0.25, -0.2) is 4.39 Å². The molecule has 2 fully saturated rings. The van der Waals surface area contributed by atoms with Crippen molar-refractivity contribution in [3.05, 3.63) is 51.6 Å². The van der Waals surface area contributed by atoms with Crippen LogP contribution in [0.2, 0.25) is 5.02 Å². The van der Waals surface area contributed by atoms with Crippen molar-refractivity contribution in [3.63, 3.8) is 0 Å². The summed E-state index contributed by atoms with van der Waals surface area (Å²) in [5.74, 6) is -0.215. The lowest BCUT2D eigenvalue weighted by Crippen LogP contribution is -2.50. The Bertz CT molecular complexity index is 945. The fraction of sp³-hybridized carbons (Fsp3) is 0.545. The van der Waals surface area contributed by atoms with Gasteiger partial charge in [0.15, 0.2) is 5.69 Å². The van der Waals surface area contributed by atoms with E-state index in [9.17, 15) is 9.18 Å².